The number of unbranched alkanes of at least 4 members (excludes halogenated alkanes) is 5. The van der Waals surface area contributed by atoms with Crippen LogP contribution in [0, 0.1) is 5.82 Å². The standard InChI is InChI=1S/C16H24FNO2/c1-3-4-5-6-7-8-11-18-15-12-13(16(19)20-2)9-10-14(15)17/h9-10,12,18H,3-8,11H2,1-2H3. The molecule has 0 amide bonds. The lowest BCUT2D eigenvalue weighted by Crippen LogP contribution is -2.06. The van der Waals surface area contributed by atoms with Crippen LogP contribution in [-0.2, 0) is 4.74 Å². The normalized spacial score (nSPS) is 10.3. The molecule has 0 spiro atoms. The van der Waals surface area contributed by atoms with E-state index in [2.05, 4.69) is 17.0 Å². The lowest BCUT2D eigenvalue weighted by molar-refractivity contribution is 0.0600. The van der Waals surface area contributed by atoms with Crippen LogP contribution in [0.25, 0.3) is 0 Å². The maximum atomic E-state index is 13.6. The molecule has 112 valence electrons. The Kier molecular flexibility index (Phi) is 7.70. The molecule has 1 aromatic carbocycles. The van der Waals surface area contributed by atoms with Crippen LogP contribution in [0.2, 0.25) is 0 Å². The van der Waals surface area contributed by atoms with Crippen LogP contribution in [0.4, 0.5) is 10.1 Å². The van der Waals surface area contributed by atoms with Crippen molar-refractivity contribution in [3.63, 3.8) is 0 Å². The number of nitrogens with one attached hydrogen (secondary N) is 1. The van der Waals surface area contributed by atoms with Crippen molar-refractivity contribution in [2.45, 2.75) is 45.4 Å². The summed E-state index contributed by atoms with van der Waals surface area (Å²) in [6.45, 7) is 2.91. The number of ether oxygens (including phenoxy) is 1. The number of benzene rings is 1. The smallest absolute Gasteiger partial charge is 0.337 e. The van der Waals surface area contributed by atoms with Crippen LogP contribution >= 0.6 is 0 Å². The first-order valence-corrected chi connectivity index (χ1v) is 7.30. The summed E-state index contributed by atoms with van der Waals surface area (Å²) in [6.07, 6.45) is 7.16. The van der Waals surface area contributed by atoms with Crippen molar-refractivity contribution in [3.8, 4) is 0 Å². The highest BCUT2D eigenvalue weighted by molar-refractivity contribution is 5.90. The van der Waals surface area contributed by atoms with Gasteiger partial charge in [-0.1, -0.05) is 39.0 Å². The van der Waals surface area contributed by atoms with E-state index in [1.54, 1.807) is 0 Å². The van der Waals surface area contributed by atoms with Gasteiger partial charge in [0, 0.05) is 6.54 Å². The molecule has 3 nitrogen and oxygen atoms in total. The molecule has 0 unspecified atom stereocenters. The van der Waals surface area contributed by atoms with Crippen molar-refractivity contribution in [1.82, 2.24) is 0 Å². The zero-order valence-electron chi connectivity index (χ0n) is 12.4. The average Bonchev–Trinajstić information content (AvgIpc) is 2.47. The summed E-state index contributed by atoms with van der Waals surface area (Å²) < 4.78 is 18.2. The van der Waals surface area contributed by atoms with E-state index in [1.807, 2.05) is 0 Å². The highest BCUT2D eigenvalue weighted by Gasteiger charge is 2.09. The first kappa shape index (κ1) is 16.5. The fraction of sp³-hybridized carbons (Fsp3) is 0.562. The van der Waals surface area contributed by atoms with Crippen LogP contribution in [0.3, 0.4) is 0 Å². The highest BCUT2D eigenvalue weighted by atomic mass is 19.1. The van der Waals surface area contributed by atoms with Crippen LogP contribution in [0.15, 0.2) is 18.2 Å². The molecular formula is C16H24FNO2. The van der Waals surface area contributed by atoms with Gasteiger partial charge in [0.05, 0.1) is 18.4 Å². The molecule has 0 fully saturated rings. The molecule has 0 radical (unpaired) electrons. The Hall–Kier alpha value is -1.58. The quantitative estimate of drug-likeness (QED) is 0.539. The fourth-order valence-corrected chi connectivity index (χ4v) is 2.03. The summed E-state index contributed by atoms with van der Waals surface area (Å²) >= 11 is 0. The number of esters is 1. The molecule has 0 saturated heterocycles. The Balaban J connectivity index is 2.37. The largest absolute Gasteiger partial charge is 0.465 e. The molecular weight excluding hydrogens is 257 g/mol. The molecule has 0 aliphatic carbocycles. The molecule has 0 aliphatic rings. The summed E-state index contributed by atoms with van der Waals surface area (Å²) in [4.78, 5) is 11.4. The van der Waals surface area contributed by atoms with E-state index in [9.17, 15) is 9.18 Å². The summed E-state index contributed by atoms with van der Waals surface area (Å²) in [5.74, 6) is -0.795. The minimum atomic E-state index is -0.451. The summed E-state index contributed by atoms with van der Waals surface area (Å²) in [5.41, 5.74) is 0.723. The Morgan fingerprint density at radius 1 is 1.20 bits per heavy atom. The SMILES string of the molecule is CCCCCCCCNc1cc(C(=O)OC)ccc1F. The molecule has 20 heavy (non-hydrogen) atoms. The van der Waals surface area contributed by atoms with E-state index < -0.39 is 5.97 Å². The molecule has 0 aromatic heterocycles. The van der Waals surface area contributed by atoms with Gasteiger partial charge in [0.1, 0.15) is 5.82 Å². The van der Waals surface area contributed by atoms with Gasteiger partial charge in [-0.15, -0.1) is 0 Å². The Labute approximate surface area is 120 Å². The number of hydrogen-bond acceptors (Lipinski definition) is 3. The van der Waals surface area contributed by atoms with Crippen LogP contribution in [0.1, 0.15) is 55.8 Å². The highest BCUT2D eigenvalue weighted by Crippen LogP contribution is 2.17. The molecule has 1 rings (SSSR count). The van der Waals surface area contributed by atoms with Crippen molar-refractivity contribution >= 4 is 11.7 Å². The number of rotatable bonds is 9. The van der Waals surface area contributed by atoms with Gasteiger partial charge in [-0.25, -0.2) is 9.18 Å². The molecule has 0 bridgehead atoms. The van der Waals surface area contributed by atoms with Crippen LogP contribution < -0.4 is 5.32 Å². The van der Waals surface area contributed by atoms with Crippen molar-refractivity contribution < 1.29 is 13.9 Å². The Morgan fingerprint density at radius 3 is 2.60 bits per heavy atom. The van der Waals surface area contributed by atoms with Gasteiger partial charge in [0.2, 0.25) is 0 Å². The molecule has 0 saturated carbocycles. The molecule has 0 atom stereocenters. The summed E-state index contributed by atoms with van der Waals surface area (Å²) in [5, 5.41) is 3.04. The van der Waals surface area contributed by atoms with Crippen molar-refractivity contribution in [2.24, 2.45) is 0 Å². The van der Waals surface area contributed by atoms with E-state index in [0.29, 0.717) is 17.8 Å². The minimum Gasteiger partial charge on any atom is -0.465 e. The second kappa shape index (κ2) is 9.34. The third kappa shape index (κ3) is 5.59. The molecule has 0 heterocycles. The van der Waals surface area contributed by atoms with Gasteiger partial charge >= 0.3 is 5.97 Å². The maximum absolute atomic E-state index is 13.6. The zero-order chi connectivity index (χ0) is 14.8. The number of hydrogen-bond donors (Lipinski definition) is 1. The van der Waals surface area contributed by atoms with E-state index in [-0.39, 0.29) is 5.82 Å². The van der Waals surface area contributed by atoms with Crippen LogP contribution in [-0.4, -0.2) is 19.6 Å². The second-order valence-corrected chi connectivity index (χ2v) is 4.88. The first-order chi connectivity index (χ1) is 9.69. The molecule has 0 aliphatic heterocycles. The van der Waals surface area contributed by atoms with E-state index in [4.69, 9.17) is 0 Å². The summed E-state index contributed by atoms with van der Waals surface area (Å²) in [7, 11) is 1.31. The zero-order valence-corrected chi connectivity index (χ0v) is 12.4. The van der Waals surface area contributed by atoms with Crippen molar-refractivity contribution in [1.29, 1.82) is 0 Å². The van der Waals surface area contributed by atoms with E-state index in [0.717, 1.165) is 12.8 Å². The van der Waals surface area contributed by atoms with Gasteiger partial charge in [0.25, 0.3) is 0 Å². The predicted molar refractivity (Wildman–Crippen MR) is 79.6 cm³/mol. The van der Waals surface area contributed by atoms with E-state index in [1.165, 1.54) is 51.0 Å². The van der Waals surface area contributed by atoms with Gasteiger partial charge in [0.15, 0.2) is 0 Å². The Morgan fingerprint density at radius 2 is 1.90 bits per heavy atom. The minimum absolute atomic E-state index is 0.344. The summed E-state index contributed by atoms with van der Waals surface area (Å²) in [6, 6.07) is 4.21. The van der Waals surface area contributed by atoms with Gasteiger partial charge < -0.3 is 10.1 Å². The number of methoxy groups -OCH3 is 1. The Bertz CT molecular complexity index is 421. The van der Waals surface area contributed by atoms with Crippen molar-refractivity contribution in [3.05, 3.63) is 29.6 Å². The third-order valence-corrected chi connectivity index (χ3v) is 3.23. The average molecular weight is 281 g/mol. The van der Waals surface area contributed by atoms with Gasteiger partial charge in [-0.2, -0.15) is 0 Å². The fourth-order valence-electron chi connectivity index (χ4n) is 2.03. The lowest BCUT2D eigenvalue weighted by atomic mass is 10.1. The second-order valence-electron chi connectivity index (χ2n) is 4.88. The maximum Gasteiger partial charge on any atom is 0.337 e. The molecule has 4 heteroatoms. The number of anilines is 1. The predicted octanol–water partition coefficient (Wildman–Crippen LogP) is 4.38. The number of halogens is 1. The molecule has 1 N–H and O–H groups in total. The van der Waals surface area contributed by atoms with Gasteiger partial charge in [-0.05, 0) is 24.6 Å². The van der Waals surface area contributed by atoms with E-state index >= 15 is 0 Å². The van der Waals surface area contributed by atoms with Crippen LogP contribution in [0.5, 0.6) is 0 Å². The molecule has 1 aromatic rings. The topological polar surface area (TPSA) is 38.3 Å². The number of carbonyl (C=O) groups is 1. The first-order valence-electron chi connectivity index (χ1n) is 7.30. The number of carbonyl (C=O) groups excluding carboxylic acids is 1. The third-order valence-electron chi connectivity index (χ3n) is 3.23. The monoisotopic (exact) mass is 281 g/mol. The van der Waals surface area contributed by atoms with Crippen molar-refractivity contribution in [2.75, 3.05) is 19.0 Å². The van der Waals surface area contributed by atoms with Gasteiger partial charge in [-0.3, -0.25) is 0 Å². The lowest BCUT2D eigenvalue weighted by Gasteiger charge is -2.09.